The summed E-state index contributed by atoms with van der Waals surface area (Å²) in [5.74, 6) is 0.666. The highest BCUT2D eigenvalue weighted by Gasteiger charge is 2.28. The number of anilines is 1. The molecule has 0 saturated carbocycles. The third-order valence-corrected chi connectivity index (χ3v) is 8.33. The van der Waals surface area contributed by atoms with Crippen molar-refractivity contribution in [2.24, 2.45) is 0 Å². The van der Waals surface area contributed by atoms with Gasteiger partial charge in [0.25, 0.3) is 0 Å². The normalized spacial score (nSPS) is 14.7. The molecule has 0 radical (unpaired) electrons. The number of benzene rings is 2. The van der Waals surface area contributed by atoms with Gasteiger partial charge in [-0.05, 0) is 49.6 Å². The Kier molecular flexibility index (Phi) is 6.53. The van der Waals surface area contributed by atoms with Gasteiger partial charge in [0, 0.05) is 44.1 Å². The van der Waals surface area contributed by atoms with E-state index in [1.165, 1.54) is 0 Å². The van der Waals surface area contributed by atoms with Gasteiger partial charge >= 0.3 is 0 Å². The molecule has 1 N–H and O–H groups in total. The molecule has 0 spiro atoms. The zero-order valence-corrected chi connectivity index (χ0v) is 20.6. The molecule has 1 fully saturated rings. The lowest BCUT2D eigenvalue weighted by Gasteiger charge is -2.15. The van der Waals surface area contributed by atoms with Gasteiger partial charge in [-0.3, -0.25) is 9.78 Å². The van der Waals surface area contributed by atoms with Crippen LogP contribution in [0.25, 0.3) is 21.9 Å². The second-order valence-corrected chi connectivity index (χ2v) is 10.8. The number of imidazole rings is 1. The van der Waals surface area contributed by atoms with E-state index in [1.807, 2.05) is 36.4 Å². The minimum Gasteiger partial charge on any atom is -0.328 e. The van der Waals surface area contributed by atoms with Crippen molar-refractivity contribution in [3.63, 3.8) is 0 Å². The predicted molar refractivity (Wildman–Crippen MR) is 137 cm³/mol. The molecule has 5 rings (SSSR count). The van der Waals surface area contributed by atoms with E-state index in [1.54, 1.807) is 22.6 Å². The number of para-hydroxylation sites is 1. The van der Waals surface area contributed by atoms with Crippen LogP contribution in [-0.4, -0.2) is 46.3 Å². The summed E-state index contributed by atoms with van der Waals surface area (Å²) in [7, 11) is -3.51. The summed E-state index contributed by atoms with van der Waals surface area (Å²) in [6.45, 7) is 3.97. The zero-order chi connectivity index (χ0) is 24.4. The number of rotatable bonds is 8. The molecule has 1 aliphatic rings. The first-order valence-corrected chi connectivity index (χ1v) is 13.5. The first kappa shape index (κ1) is 23.4. The Morgan fingerprint density at radius 1 is 1.09 bits per heavy atom. The van der Waals surface area contributed by atoms with Gasteiger partial charge in [0.2, 0.25) is 15.9 Å². The van der Waals surface area contributed by atoms with Crippen molar-refractivity contribution in [1.82, 2.24) is 18.8 Å². The van der Waals surface area contributed by atoms with Crippen LogP contribution in [0.2, 0.25) is 0 Å². The largest absolute Gasteiger partial charge is 0.328 e. The molecule has 0 atom stereocenters. The van der Waals surface area contributed by atoms with Crippen LogP contribution in [-0.2, 0) is 27.8 Å². The number of hydrogen-bond donors (Lipinski definition) is 1. The van der Waals surface area contributed by atoms with Gasteiger partial charge in [-0.25, -0.2) is 13.4 Å². The van der Waals surface area contributed by atoms with Crippen LogP contribution in [0.3, 0.4) is 0 Å². The van der Waals surface area contributed by atoms with Crippen LogP contribution in [0.15, 0.2) is 59.6 Å². The number of amides is 1. The second kappa shape index (κ2) is 9.75. The topological polar surface area (TPSA) is 97.2 Å². The molecular weight excluding hydrogens is 462 g/mol. The smallest absolute Gasteiger partial charge is 0.243 e. The maximum Gasteiger partial charge on any atom is 0.243 e. The van der Waals surface area contributed by atoms with Crippen LogP contribution >= 0.6 is 0 Å². The molecule has 2 aromatic heterocycles. The quantitative estimate of drug-likeness (QED) is 0.395. The monoisotopic (exact) mass is 491 g/mol. The van der Waals surface area contributed by atoms with Gasteiger partial charge in [0.15, 0.2) is 0 Å². The summed E-state index contributed by atoms with van der Waals surface area (Å²) in [6.07, 6.45) is 5.12. The number of carbonyl (C=O) groups excluding carboxylic acids is 1. The SMILES string of the molecule is CCCn1c(CCC(=O)Nc2cccc3cccnc23)nc2cc(S(=O)(=O)N3CCCC3)ccc21. The Morgan fingerprint density at radius 3 is 2.69 bits per heavy atom. The molecule has 1 saturated heterocycles. The lowest BCUT2D eigenvalue weighted by atomic mass is 10.2. The molecule has 0 unspecified atom stereocenters. The van der Waals surface area contributed by atoms with Crippen LogP contribution in [0.1, 0.15) is 38.4 Å². The van der Waals surface area contributed by atoms with Gasteiger partial charge in [-0.2, -0.15) is 4.31 Å². The Hall–Kier alpha value is -3.30. The van der Waals surface area contributed by atoms with Crippen molar-refractivity contribution >= 4 is 43.6 Å². The maximum atomic E-state index is 13.0. The summed E-state index contributed by atoms with van der Waals surface area (Å²) in [5.41, 5.74) is 2.98. The van der Waals surface area contributed by atoms with E-state index in [4.69, 9.17) is 4.98 Å². The maximum absolute atomic E-state index is 13.0. The van der Waals surface area contributed by atoms with Crippen molar-refractivity contribution in [2.45, 2.75) is 50.5 Å². The van der Waals surface area contributed by atoms with Crippen LogP contribution in [0.5, 0.6) is 0 Å². The molecule has 9 heteroatoms. The molecule has 35 heavy (non-hydrogen) atoms. The molecule has 3 heterocycles. The van der Waals surface area contributed by atoms with Gasteiger partial charge in [-0.15, -0.1) is 0 Å². The molecule has 2 aromatic carbocycles. The average molecular weight is 492 g/mol. The highest BCUT2D eigenvalue weighted by Crippen LogP contribution is 2.26. The summed E-state index contributed by atoms with van der Waals surface area (Å²) >= 11 is 0. The Bertz CT molecular complexity index is 1480. The van der Waals surface area contributed by atoms with E-state index in [2.05, 4.69) is 21.8 Å². The van der Waals surface area contributed by atoms with E-state index in [-0.39, 0.29) is 17.2 Å². The van der Waals surface area contributed by atoms with E-state index >= 15 is 0 Å². The molecule has 4 aromatic rings. The first-order chi connectivity index (χ1) is 17.0. The van der Waals surface area contributed by atoms with Crippen LogP contribution < -0.4 is 5.32 Å². The van der Waals surface area contributed by atoms with Gasteiger partial charge in [0.1, 0.15) is 5.82 Å². The average Bonchev–Trinajstić information content (AvgIpc) is 3.52. The van der Waals surface area contributed by atoms with Gasteiger partial charge < -0.3 is 9.88 Å². The highest BCUT2D eigenvalue weighted by atomic mass is 32.2. The third-order valence-electron chi connectivity index (χ3n) is 6.43. The molecule has 0 bridgehead atoms. The molecule has 8 nitrogen and oxygen atoms in total. The zero-order valence-electron chi connectivity index (χ0n) is 19.8. The van der Waals surface area contributed by atoms with E-state index in [9.17, 15) is 13.2 Å². The Labute approximate surface area is 205 Å². The number of fused-ring (bicyclic) bond motifs is 2. The van der Waals surface area contributed by atoms with Gasteiger partial charge in [0.05, 0.1) is 27.1 Å². The summed E-state index contributed by atoms with van der Waals surface area (Å²) in [5, 5.41) is 3.94. The minimum atomic E-state index is -3.51. The number of carbonyl (C=O) groups is 1. The first-order valence-electron chi connectivity index (χ1n) is 12.1. The van der Waals surface area contributed by atoms with E-state index in [0.717, 1.165) is 48.1 Å². The van der Waals surface area contributed by atoms with Crippen molar-refractivity contribution in [3.05, 3.63) is 60.6 Å². The van der Waals surface area contributed by atoms with E-state index < -0.39 is 10.0 Å². The van der Waals surface area contributed by atoms with Gasteiger partial charge in [-0.1, -0.05) is 25.1 Å². The number of pyridine rings is 1. The third kappa shape index (κ3) is 4.66. The lowest BCUT2D eigenvalue weighted by molar-refractivity contribution is -0.116. The summed E-state index contributed by atoms with van der Waals surface area (Å²) in [6, 6.07) is 14.7. The lowest BCUT2D eigenvalue weighted by Crippen LogP contribution is -2.27. The fraction of sp³-hybridized carbons (Fsp3) is 0.346. The summed E-state index contributed by atoms with van der Waals surface area (Å²) < 4.78 is 29.7. The van der Waals surface area contributed by atoms with Crippen molar-refractivity contribution < 1.29 is 13.2 Å². The molecule has 182 valence electrons. The fourth-order valence-electron chi connectivity index (χ4n) is 4.70. The fourth-order valence-corrected chi connectivity index (χ4v) is 6.24. The Morgan fingerprint density at radius 2 is 1.89 bits per heavy atom. The molecule has 1 aliphatic heterocycles. The van der Waals surface area contributed by atoms with Crippen LogP contribution in [0.4, 0.5) is 5.69 Å². The minimum absolute atomic E-state index is 0.115. The highest BCUT2D eigenvalue weighted by molar-refractivity contribution is 7.89. The number of aromatic nitrogens is 3. The summed E-state index contributed by atoms with van der Waals surface area (Å²) in [4.78, 5) is 22.2. The Balaban J connectivity index is 1.37. The second-order valence-electron chi connectivity index (χ2n) is 8.87. The van der Waals surface area contributed by atoms with E-state index in [0.29, 0.717) is 30.7 Å². The van der Waals surface area contributed by atoms with Crippen molar-refractivity contribution in [2.75, 3.05) is 18.4 Å². The van der Waals surface area contributed by atoms with Crippen molar-refractivity contribution in [1.29, 1.82) is 0 Å². The number of sulfonamides is 1. The molecular formula is C26H29N5O3S. The molecule has 0 aliphatic carbocycles. The number of nitrogens with one attached hydrogen (secondary N) is 1. The predicted octanol–water partition coefficient (Wildman–Crippen LogP) is 4.35. The number of hydrogen-bond acceptors (Lipinski definition) is 5. The number of nitrogens with zero attached hydrogens (tertiary/aromatic N) is 4. The number of aryl methyl sites for hydroxylation is 2. The standard InChI is InChI=1S/C26H29N5O3S/c1-2-15-31-23-11-10-20(35(33,34)30-16-3-4-17-30)18-22(23)28-24(31)12-13-25(32)29-21-9-5-7-19-8-6-14-27-26(19)21/h5-11,14,18H,2-4,12-13,15-17H2,1H3,(H,29,32). The molecule has 1 amide bonds. The van der Waals surface area contributed by atoms with Crippen LogP contribution in [0, 0.1) is 0 Å². The van der Waals surface area contributed by atoms with Crippen molar-refractivity contribution in [3.8, 4) is 0 Å².